The van der Waals surface area contributed by atoms with Crippen LogP contribution < -0.4 is 10.1 Å². The normalized spacial score (nSPS) is 10.1. The average molecular weight is 217 g/mol. The molecule has 0 heterocycles. The molecule has 0 fully saturated rings. The molecule has 82 valence electrons. The Kier molecular flexibility index (Phi) is 3.43. The Labute approximate surface area is 84.5 Å². The lowest BCUT2D eigenvalue weighted by atomic mass is 10.2. The van der Waals surface area contributed by atoms with Crippen LogP contribution in [-0.2, 0) is 0 Å². The highest BCUT2D eigenvalue weighted by molar-refractivity contribution is 5.94. The highest BCUT2D eigenvalue weighted by Gasteiger charge is 2.11. The first kappa shape index (κ1) is 11.2. The summed E-state index contributed by atoms with van der Waals surface area (Å²) < 4.78 is 27.6. The smallest absolute Gasteiger partial charge is 0.387 e. The van der Waals surface area contributed by atoms with Crippen LogP contribution in [-0.4, -0.2) is 24.7 Å². The number of amides is 1. The van der Waals surface area contributed by atoms with Crippen LogP contribution >= 0.6 is 0 Å². The van der Waals surface area contributed by atoms with E-state index in [-0.39, 0.29) is 11.3 Å². The molecule has 1 amide bonds. The third-order valence-corrected chi connectivity index (χ3v) is 1.66. The third kappa shape index (κ3) is 2.80. The minimum absolute atomic E-state index is 0.164. The van der Waals surface area contributed by atoms with Gasteiger partial charge in [-0.25, -0.2) is 0 Å². The number of carbonyl (C=O) groups excluding carboxylic acids is 1. The maximum atomic E-state index is 11.8. The molecule has 0 unspecified atom stereocenters. The highest BCUT2D eigenvalue weighted by Crippen LogP contribution is 2.28. The van der Waals surface area contributed by atoms with Gasteiger partial charge in [0.2, 0.25) is 0 Å². The Bertz CT molecular complexity index is 368. The SMILES string of the molecule is CNC(=O)c1ccc(OC(F)F)c(O)c1. The number of hydrogen-bond donors (Lipinski definition) is 2. The summed E-state index contributed by atoms with van der Waals surface area (Å²) in [5.74, 6) is -1.29. The van der Waals surface area contributed by atoms with E-state index in [1.54, 1.807) is 0 Å². The van der Waals surface area contributed by atoms with E-state index in [2.05, 4.69) is 10.1 Å². The first-order valence-corrected chi connectivity index (χ1v) is 4.04. The molecule has 0 saturated carbocycles. The fraction of sp³-hybridized carbons (Fsp3) is 0.222. The zero-order chi connectivity index (χ0) is 11.4. The number of aromatic hydroxyl groups is 1. The van der Waals surface area contributed by atoms with Gasteiger partial charge in [0.15, 0.2) is 11.5 Å². The van der Waals surface area contributed by atoms with Crippen LogP contribution in [0.4, 0.5) is 8.78 Å². The zero-order valence-electron chi connectivity index (χ0n) is 7.83. The van der Waals surface area contributed by atoms with Crippen molar-refractivity contribution in [3.05, 3.63) is 23.8 Å². The van der Waals surface area contributed by atoms with Crippen molar-refractivity contribution in [2.24, 2.45) is 0 Å². The summed E-state index contributed by atoms with van der Waals surface area (Å²) in [7, 11) is 1.42. The molecule has 0 aromatic heterocycles. The fourth-order valence-electron chi connectivity index (χ4n) is 0.999. The quantitative estimate of drug-likeness (QED) is 0.803. The lowest BCUT2D eigenvalue weighted by Crippen LogP contribution is -2.17. The third-order valence-electron chi connectivity index (χ3n) is 1.66. The van der Waals surface area contributed by atoms with E-state index in [0.717, 1.165) is 12.1 Å². The summed E-state index contributed by atoms with van der Waals surface area (Å²) in [6, 6.07) is 3.43. The van der Waals surface area contributed by atoms with Gasteiger partial charge < -0.3 is 15.2 Å². The monoisotopic (exact) mass is 217 g/mol. The summed E-state index contributed by atoms with van der Waals surface area (Å²) in [6.07, 6.45) is 0. The van der Waals surface area contributed by atoms with Crippen molar-refractivity contribution in [2.45, 2.75) is 6.61 Å². The Hall–Kier alpha value is -1.85. The number of ether oxygens (including phenoxy) is 1. The number of rotatable bonds is 3. The molecule has 1 aromatic carbocycles. The highest BCUT2D eigenvalue weighted by atomic mass is 19.3. The van der Waals surface area contributed by atoms with Gasteiger partial charge in [0, 0.05) is 12.6 Å². The van der Waals surface area contributed by atoms with Crippen LogP contribution in [0.25, 0.3) is 0 Å². The standard InChI is InChI=1S/C9H9F2NO3/c1-12-8(14)5-2-3-7(6(13)4-5)15-9(10)11/h2-4,9,13H,1H3,(H,12,14). The molecular formula is C9H9F2NO3. The molecule has 6 heteroatoms. The molecule has 0 radical (unpaired) electrons. The van der Waals surface area contributed by atoms with Gasteiger partial charge >= 0.3 is 6.61 Å². The van der Waals surface area contributed by atoms with E-state index in [1.807, 2.05) is 0 Å². The van der Waals surface area contributed by atoms with Gasteiger partial charge in [-0.1, -0.05) is 0 Å². The lowest BCUT2D eigenvalue weighted by molar-refractivity contribution is -0.0512. The molecule has 1 aromatic rings. The van der Waals surface area contributed by atoms with Crippen molar-refractivity contribution >= 4 is 5.91 Å². The number of hydrogen-bond acceptors (Lipinski definition) is 3. The van der Waals surface area contributed by atoms with Crippen molar-refractivity contribution in [3.63, 3.8) is 0 Å². The maximum Gasteiger partial charge on any atom is 0.387 e. The van der Waals surface area contributed by atoms with Crippen molar-refractivity contribution in [2.75, 3.05) is 7.05 Å². The van der Waals surface area contributed by atoms with Crippen molar-refractivity contribution in [3.8, 4) is 11.5 Å². The van der Waals surface area contributed by atoms with E-state index in [0.29, 0.717) is 0 Å². The van der Waals surface area contributed by atoms with Gasteiger partial charge in [-0.15, -0.1) is 0 Å². The van der Waals surface area contributed by atoms with Gasteiger partial charge in [-0.2, -0.15) is 8.78 Å². The average Bonchev–Trinajstić information content (AvgIpc) is 2.19. The Morgan fingerprint density at radius 3 is 2.67 bits per heavy atom. The number of benzene rings is 1. The largest absolute Gasteiger partial charge is 0.504 e. The van der Waals surface area contributed by atoms with E-state index < -0.39 is 18.3 Å². The minimum Gasteiger partial charge on any atom is -0.504 e. The number of carbonyl (C=O) groups is 1. The second-order valence-corrected chi connectivity index (χ2v) is 2.64. The second kappa shape index (κ2) is 4.59. The summed E-state index contributed by atoms with van der Waals surface area (Å²) >= 11 is 0. The maximum absolute atomic E-state index is 11.8. The van der Waals surface area contributed by atoms with E-state index in [1.165, 1.54) is 13.1 Å². The van der Waals surface area contributed by atoms with Crippen LogP contribution in [0.2, 0.25) is 0 Å². The summed E-state index contributed by atoms with van der Waals surface area (Å²) in [6.45, 7) is -3.01. The van der Waals surface area contributed by atoms with E-state index in [4.69, 9.17) is 0 Å². The molecule has 0 saturated heterocycles. The summed E-state index contributed by atoms with van der Waals surface area (Å²) in [5, 5.41) is 11.6. The number of halogens is 2. The molecule has 1 rings (SSSR count). The minimum atomic E-state index is -3.01. The van der Waals surface area contributed by atoms with Crippen molar-refractivity contribution in [1.29, 1.82) is 0 Å². The lowest BCUT2D eigenvalue weighted by Gasteiger charge is -2.07. The molecule has 0 atom stereocenters. The van der Waals surface area contributed by atoms with Crippen LogP contribution in [0.3, 0.4) is 0 Å². The van der Waals surface area contributed by atoms with Gasteiger partial charge in [-0.3, -0.25) is 4.79 Å². The molecular weight excluding hydrogens is 208 g/mol. The van der Waals surface area contributed by atoms with Crippen molar-refractivity contribution < 1.29 is 23.4 Å². The number of phenols is 1. The topological polar surface area (TPSA) is 58.6 Å². The molecule has 0 spiro atoms. The van der Waals surface area contributed by atoms with Gasteiger partial charge in [0.05, 0.1) is 0 Å². The Morgan fingerprint density at radius 1 is 1.53 bits per heavy atom. The number of phenolic OH excluding ortho intramolecular Hbond substituents is 1. The number of alkyl halides is 2. The zero-order valence-corrected chi connectivity index (χ0v) is 7.83. The molecule has 0 aliphatic carbocycles. The molecule has 2 N–H and O–H groups in total. The van der Waals surface area contributed by atoms with Gasteiger partial charge in [0.1, 0.15) is 0 Å². The Balaban J connectivity index is 2.93. The molecule has 0 aliphatic heterocycles. The van der Waals surface area contributed by atoms with E-state index >= 15 is 0 Å². The van der Waals surface area contributed by atoms with Gasteiger partial charge in [0.25, 0.3) is 5.91 Å². The number of nitrogens with one attached hydrogen (secondary N) is 1. The predicted octanol–water partition coefficient (Wildman–Crippen LogP) is 1.35. The summed E-state index contributed by atoms with van der Waals surface area (Å²) in [4.78, 5) is 11.1. The Morgan fingerprint density at radius 2 is 2.20 bits per heavy atom. The van der Waals surface area contributed by atoms with Crippen LogP contribution in [0.15, 0.2) is 18.2 Å². The molecule has 4 nitrogen and oxygen atoms in total. The van der Waals surface area contributed by atoms with Crippen LogP contribution in [0, 0.1) is 0 Å². The van der Waals surface area contributed by atoms with Crippen LogP contribution in [0.1, 0.15) is 10.4 Å². The van der Waals surface area contributed by atoms with Gasteiger partial charge in [-0.05, 0) is 18.2 Å². The van der Waals surface area contributed by atoms with Crippen LogP contribution in [0.5, 0.6) is 11.5 Å². The predicted molar refractivity (Wildman–Crippen MR) is 48.1 cm³/mol. The van der Waals surface area contributed by atoms with Crippen molar-refractivity contribution in [1.82, 2.24) is 5.32 Å². The van der Waals surface area contributed by atoms with E-state index in [9.17, 15) is 18.7 Å². The molecule has 0 bridgehead atoms. The summed E-state index contributed by atoms with van der Waals surface area (Å²) in [5.41, 5.74) is 0.164. The first-order valence-electron chi connectivity index (χ1n) is 4.04. The second-order valence-electron chi connectivity index (χ2n) is 2.64. The fourth-order valence-corrected chi connectivity index (χ4v) is 0.999. The molecule has 15 heavy (non-hydrogen) atoms. The molecule has 0 aliphatic rings. The first-order chi connectivity index (χ1) is 7.04.